The summed E-state index contributed by atoms with van der Waals surface area (Å²) in [5.41, 5.74) is 1.25. The van der Waals surface area contributed by atoms with Crippen LogP contribution in [0.3, 0.4) is 0 Å². The van der Waals surface area contributed by atoms with Crippen LogP contribution >= 0.6 is 0 Å². The van der Waals surface area contributed by atoms with Crippen molar-refractivity contribution < 1.29 is 0 Å². The summed E-state index contributed by atoms with van der Waals surface area (Å²) in [6.07, 6.45) is 3.28. The maximum Gasteiger partial charge on any atom is 0.0496 e. The molecule has 79 valence electrons. The maximum atomic E-state index is 3.53. The molecule has 0 amide bonds. The van der Waals surface area contributed by atoms with E-state index in [2.05, 4.69) is 27.2 Å². The van der Waals surface area contributed by atoms with E-state index in [0.717, 1.165) is 0 Å². The Balaban J connectivity index is 0.000000283. The zero-order chi connectivity index (χ0) is 10.9. The Morgan fingerprint density at radius 1 is 0.812 bits per heavy atom. The molecule has 0 atom stereocenters. The maximum absolute atomic E-state index is 3.53. The van der Waals surface area contributed by atoms with E-state index in [-0.39, 0.29) is 29.6 Å². The Bertz CT molecular complexity index is 324. The van der Waals surface area contributed by atoms with Crippen molar-refractivity contribution in [3.63, 3.8) is 0 Å². The van der Waals surface area contributed by atoms with E-state index in [1.54, 1.807) is 12.4 Å². The predicted molar refractivity (Wildman–Crippen MR) is 68.6 cm³/mol. The van der Waals surface area contributed by atoms with Crippen LogP contribution in [0.5, 0.6) is 0 Å². The quantitative estimate of drug-likeness (QED) is 0.692. The minimum atomic E-state index is 0. The molecule has 1 aromatic carbocycles. The number of rotatable bonds is 1. The monoisotopic (exact) mass is 224 g/mol. The molecule has 0 unspecified atom stereocenters. The van der Waals surface area contributed by atoms with E-state index in [1.807, 2.05) is 44.4 Å². The first-order valence-corrected chi connectivity index (χ1v) is 4.75. The molecule has 4 heteroatoms. The standard InChI is InChI=1S/C8H11N.C4H4N2.Na/c1-9(2)8-6-4-3-5-7-8;1-2-4-6-5-3-1;/h3-7H,1-2H3;1-4H;. The van der Waals surface area contributed by atoms with Gasteiger partial charge in [0, 0.05) is 61.7 Å². The summed E-state index contributed by atoms with van der Waals surface area (Å²) in [7, 11) is 4.07. The molecule has 2 aromatic rings. The molecule has 1 aromatic heterocycles. The van der Waals surface area contributed by atoms with E-state index in [4.69, 9.17) is 0 Å². The van der Waals surface area contributed by atoms with Crippen LogP contribution in [0.1, 0.15) is 0 Å². The van der Waals surface area contributed by atoms with Gasteiger partial charge in [0.25, 0.3) is 0 Å². The number of anilines is 1. The normalized spacial score (nSPS) is 8.12. The Hall–Kier alpha value is -0.900. The molecule has 0 N–H and O–H groups in total. The van der Waals surface area contributed by atoms with Gasteiger partial charge in [-0.1, -0.05) is 18.2 Å². The van der Waals surface area contributed by atoms with Crippen molar-refractivity contribution in [1.82, 2.24) is 10.2 Å². The third-order valence-electron chi connectivity index (χ3n) is 1.76. The second-order valence-electron chi connectivity index (χ2n) is 3.14. The molecule has 1 radical (unpaired) electrons. The van der Waals surface area contributed by atoms with Crippen molar-refractivity contribution in [2.75, 3.05) is 19.0 Å². The first-order valence-electron chi connectivity index (χ1n) is 4.75. The molecule has 0 aliphatic heterocycles. The number of benzene rings is 1. The van der Waals surface area contributed by atoms with Crippen molar-refractivity contribution in [1.29, 1.82) is 0 Å². The number of aromatic nitrogens is 2. The molecule has 0 saturated carbocycles. The van der Waals surface area contributed by atoms with Crippen LogP contribution in [-0.2, 0) is 0 Å². The van der Waals surface area contributed by atoms with Gasteiger partial charge in [-0.3, -0.25) is 0 Å². The molecule has 1 heterocycles. The molecule has 0 bridgehead atoms. The minimum absolute atomic E-state index is 0. The van der Waals surface area contributed by atoms with Gasteiger partial charge in [-0.2, -0.15) is 10.2 Å². The molecule has 2 rings (SSSR count). The fourth-order valence-corrected chi connectivity index (χ4v) is 0.979. The number of para-hydroxylation sites is 1. The predicted octanol–water partition coefficient (Wildman–Crippen LogP) is 1.85. The smallest absolute Gasteiger partial charge is 0.0496 e. The minimum Gasteiger partial charge on any atom is -0.378 e. The average molecular weight is 224 g/mol. The first-order chi connectivity index (χ1) is 7.30. The van der Waals surface area contributed by atoms with Gasteiger partial charge in [-0.15, -0.1) is 0 Å². The van der Waals surface area contributed by atoms with E-state index < -0.39 is 0 Å². The molecule has 3 nitrogen and oxygen atoms in total. The summed E-state index contributed by atoms with van der Waals surface area (Å²) < 4.78 is 0. The summed E-state index contributed by atoms with van der Waals surface area (Å²) in [5.74, 6) is 0. The van der Waals surface area contributed by atoms with E-state index in [0.29, 0.717) is 0 Å². The van der Waals surface area contributed by atoms with E-state index in [1.165, 1.54) is 5.69 Å². The summed E-state index contributed by atoms with van der Waals surface area (Å²) >= 11 is 0. The summed E-state index contributed by atoms with van der Waals surface area (Å²) in [6.45, 7) is 0. The molecule has 0 spiro atoms. The SMILES string of the molecule is CN(C)c1ccccc1.[Na].c1ccnnc1. The van der Waals surface area contributed by atoms with Gasteiger partial charge in [0.1, 0.15) is 0 Å². The topological polar surface area (TPSA) is 29.0 Å². The fourth-order valence-electron chi connectivity index (χ4n) is 0.979. The van der Waals surface area contributed by atoms with Gasteiger partial charge in [0.2, 0.25) is 0 Å². The largest absolute Gasteiger partial charge is 0.378 e. The first kappa shape index (κ1) is 15.1. The molecule has 0 fully saturated rings. The molecule has 0 aliphatic rings. The summed E-state index contributed by atoms with van der Waals surface area (Å²) in [5, 5.41) is 7.07. The Morgan fingerprint density at radius 3 is 1.56 bits per heavy atom. The van der Waals surface area contributed by atoms with Crippen molar-refractivity contribution in [2.45, 2.75) is 0 Å². The molecule has 0 saturated heterocycles. The van der Waals surface area contributed by atoms with Gasteiger partial charge in [-0.25, -0.2) is 0 Å². The van der Waals surface area contributed by atoms with Gasteiger partial charge in [0.15, 0.2) is 0 Å². The van der Waals surface area contributed by atoms with E-state index in [9.17, 15) is 0 Å². The van der Waals surface area contributed by atoms with Crippen LogP contribution in [0.15, 0.2) is 54.9 Å². The van der Waals surface area contributed by atoms with Gasteiger partial charge in [0.05, 0.1) is 0 Å². The molecule has 0 aliphatic carbocycles. The van der Waals surface area contributed by atoms with Gasteiger partial charge in [-0.05, 0) is 24.3 Å². The molecular weight excluding hydrogens is 209 g/mol. The van der Waals surface area contributed by atoms with Crippen LogP contribution in [0, 0.1) is 0 Å². The zero-order valence-corrected chi connectivity index (χ0v) is 12.0. The van der Waals surface area contributed by atoms with Crippen molar-refractivity contribution in [2.24, 2.45) is 0 Å². The third kappa shape index (κ3) is 6.56. The average Bonchev–Trinajstić information content (AvgIpc) is 2.33. The number of nitrogens with zero attached hydrogens (tertiary/aromatic N) is 3. The zero-order valence-electron chi connectivity index (χ0n) is 10.0. The fraction of sp³-hybridized carbons (Fsp3) is 0.167. The van der Waals surface area contributed by atoms with Crippen LogP contribution < -0.4 is 4.90 Å². The van der Waals surface area contributed by atoms with Crippen molar-refractivity contribution in [3.05, 3.63) is 54.9 Å². The Morgan fingerprint density at radius 2 is 1.31 bits per heavy atom. The molecule has 16 heavy (non-hydrogen) atoms. The van der Waals surface area contributed by atoms with E-state index >= 15 is 0 Å². The van der Waals surface area contributed by atoms with Gasteiger partial charge < -0.3 is 4.90 Å². The number of hydrogen-bond acceptors (Lipinski definition) is 3. The van der Waals surface area contributed by atoms with Crippen molar-refractivity contribution >= 4 is 35.2 Å². The van der Waals surface area contributed by atoms with Crippen LogP contribution in [-0.4, -0.2) is 53.8 Å². The summed E-state index contributed by atoms with van der Waals surface area (Å²) in [6, 6.07) is 13.9. The Kier molecular flexibility index (Phi) is 8.81. The van der Waals surface area contributed by atoms with Crippen LogP contribution in [0.25, 0.3) is 0 Å². The number of hydrogen-bond donors (Lipinski definition) is 0. The molecular formula is C12H15N3Na. The summed E-state index contributed by atoms with van der Waals surface area (Å²) in [4.78, 5) is 2.08. The second kappa shape index (κ2) is 9.33. The second-order valence-corrected chi connectivity index (χ2v) is 3.14. The van der Waals surface area contributed by atoms with Gasteiger partial charge >= 0.3 is 0 Å². The van der Waals surface area contributed by atoms with Crippen LogP contribution in [0.4, 0.5) is 5.69 Å². The third-order valence-corrected chi connectivity index (χ3v) is 1.76. The van der Waals surface area contributed by atoms with Crippen LogP contribution in [0.2, 0.25) is 0 Å². The Labute approximate surface area is 119 Å². The van der Waals surface area contributed by atoms with Crippen molar-refractivity contribution in [3.8, 4) is 0 Å².